The molecule has 0 radical (unpaired) electrons. The zero-order valence-corrected chi connectivity index (χ0v) is 14.2. The lowest BCUT2D eigenvalue weighted by atomic mass is 10.0. The highest BCUT2D eigenvalue weighted by molar-refractivity contribution is 14.0. The molecule has 0 amide bonds. The molecule has 1 aliphatic rings. The van der Waals surface area contributed by atoms with E-state index in [-0.39, 0.29) is 24.0 Å². The van der Waals surface area contributed by atoms with Gasteiger partial charge in [0.1, 0.15) is 0 Å². The van der Waals surface area contributed by atoms with Crippen LogP contribution in [0.1, 0.15) is 39.5 Å². The third-order valence-electron chi connectivity index (χ3n) is 3.27. The fourth-order valence-corrected chi connectivity index (χ4v) is 2.25. The predicted molar refractivity (Wildman–Crippen MR) is 89.7 cm³/mol. The molecule has 0 spiro atoms. The highest BCUT2D eigenvalue weighted by Crippen LogP contribution is 2.14. The van der Waals surface area contributed by atoms with E-state index in [2.05, 4.69) is 29.1 Å². The van der Waals surface area contributed by atoms with E-state index < -0.39 is 0 Å². The number of halogens is 1. The average Bonchev–Trinajstić information content (AvgIpc) is 2.29. The third-order valence-corrected chi connectivity index (χ3v) is 3.27. The van der Waals surface area contributed by atoms with Crippen LogP contribution in [0, 0.1) is 5.92 Å². The van der Waals surface area contributed by atoms with Crippen LogP contribution < -0.4 is 11.1 Å². The van der Waals surface area contributed by atoms with Crippen molar-refractivity contribution >= 4 is 29.9 Å². The summed E-state index contributed by atoms with van der Waals surface area (Å²) in [6.07, 6.45) is 5.00. The largest absolute Gasteiger partial charge is 0.370 e. The van der Waals surface area contributed by atoms with Gasteiger partial charge in [-0.25, -0.2) is 0 Å². The molecule has 3 N–H and O–H groups in total. The molecular formula is C13H29IN4. The average molecular weight is 368 g/mol. The molecule has 108 valence electrons. The second-order valence-electron chi connectivity index (χ2n) is 5.10. The molecule has 0 aromatic carbocycles. The Labute approximate surface area is 129 Å². The molecule has 1 heterocycles. The first-order valence-electron chi connectivity index (χ1n) is 6.98. The number of piperidine rings is 1. The molecule has 0 aromatic heterocycles. The van der Waals surface area contributed by atoms with Gasteiger partial charge in [0.05, 0.1) is 0 Å². The molecule has 0 aromatic rings. The molecular weight excluding hydrogens is 339 g/mol. The van der Waals surface area contributed by atoms with Gasteiger partial charge >= 0.3 is 0 Å². The summed E-state index contributed by atoms with van der Waals surface area (Å²) in [4.78, 5) is 6.79. The van der Waals surface area contributed by atoms with Gasteiger partial charge < -0.3 is 16.0 Å². The summed E-state index contributed by atoms with van der Waals surface area (Å²) >= 11 is 0. The van der Waals surface area contributed by atoms with Crippen LogP contribution in [0.4, 0.5) is 0 Å². The number of guanidine groups is 1. The van der Waals surface area contributed by atoms with E-state index in [4.69, 9.17) is 5.73 Å². The summed E-state index contributed by atoms with van der Waals surface area (Å²) in [5, 5.41) is 3.19. The SMILES string of the molecule is CCCCN=C(N)NCCN1CCCC(C)C1.I. The number of rotatable bonds is 6. The number of unbranched alkanes of at least 4 members (excludes halogenated alkanes) is 1. The third kappa shape index (κ3) is 8.13. The zero-order valence-electron chi connectivity index (χ0n) is 11.8. The minimum Gasteiger partial charge on any atom is -0.370 e. The fourth-order valence-electron chi connectivity index (χ4n) is 2.25. The number of hydrogen-bond donors (Lipinski definition) is 2. The lowest BCUT2D eigenvalue weighted by Gasteiger charge is -2.30. The Balaban J connectivity index is 0.00000289. The normalized spacial score (nSPS) is 21.4. The number of nitrogens with zero attached hydrogens (tertiary/aromatic N) is 2. The first-order valence-corrected chi connectivity index (χ1v) is 6.98. The second-order valence-corrected chi connectivity index (χ2v) is 5.10. The van der Waals surface area contributed by atoms with Crippen LogP contribution in [-0.2, 0) is 0 Å². The van der Waals surface area contributed by atoms with Crippen LogP contribution in [0.15, 0.2) is 4.99 Å². The molecule has 1 atom stereocenters. The highest BCUT2D eigenvalue weighted by Gasteiger charge is 2.15. The van der Waals surface area contributed by atoms with Gasteiger partial charge in [-0.15, -0.1) is 24.0 Å². The topological polar surface area (TPSA) is 53.6 Å². The number of nitrogens with one attached hydrogen (secondary N) is 1. The van der Waals surface area contributed by atoms with E-state index in [1.807, 2.05) is 0 Å². The van der Waals surface area contributed by atoms with Gasteiger partial charge in [0.25, 0.3) is 0 Å². The monoisotopic (exact) mass is 368 g/mol. The van der Waals surface area contributed by atoms with Crippen molar-refractivity contribution in [3.8, 4) is 0 Å². The van der Waals surface area contributed by atoms with Crippen molar-refractivity contribution in [1.29, 1.82) is 0 Å². The van der Waals surface area contributed by atoms with Crippen molar-refractivity contribution in [3.05, 3.63) is 0 Å². The number of likely N-dealkylation sites (tertiary alicyclic amines) is 1. The maximum atomic E-state index is 5.78. The van der Waals surface area contributed by atoms with Crippen molar-refractivity contribution in [2.75, 3.05) is 32.7 Å². The lowest BCUT2D eigenvalue weighted by Crippen LogP contribution is -2.42. The summed E-state index contributed by atoms with van der Waals surface area (Å²) in [6.45, 7) is 9.79. The van der Waals surface area contributed by atoms with Crippen molar-refractivity contribution in [2.45, 2.75) is 39.5 Å². The highest BCUT2D eigenvalue weighted by atomic mass is 127. The fraction of sp³-hybridized carbons (Fsp3) is 0.923. The molecule has 18 heavy (non-hydrogen) atoms. The van der Waals surface area contributed by atoms with Crippen LogP contribution in [0.2, 0.25) is 0 Å². The van der Waals surface area contributed by atoms with Crippen LogP contribution in [-0.4, -0.2) is 43.6 Å². The summed E-state index contributed by atoms with van der Waals surface area (Å²) in [5.41, 5.74) is 5.78. The van der Waals surface area contributed by atoms with Gasteiger partial charge in [-0.2, -0.15) is 0 Å². The number of hydrogen-bond acceptors (Lipinski definition) is 2. The number of nitrogens with two attached hydrogens (primary N) is 1. The zero-order chi connectivity index (χ0) is 12.5. The van der Waals surface area contributed by atoms with Gasteiger partial charge in [0.15, 0.2) is 5.96 Å². The van der Waals surface area contributed by atoms with E-state index in [1.165, 1.54) is 32.4 Å². The Morgan fingerprint density at radius 2 is 2.28 bits per heavy atom. The van der Waals surface area contributed by atoms with Gasteiger partial charge in [-0.1, -0.05) is 20.3 Å². The number of aliphatic imine (C=N–C) groups is 1. The Morgan fingerprint density at radius 1 is 1.50 bits per heavy atom. The molecule has 0 saturated carbocycles. The van der Waals surface area contributed by atoms with Crippen LogP contribution in [0.3, 0.4) is 0 Å². The maximum absolute atomic E-state index is 5.78. The summed E-state index contributed by atoms with van der Waals surface area (Å²) in [7, 11) is 0. The molecule has 1 aliphatic heterocycles. The Bertz CT molecular complexity index is 233. The van der Waals surface area contributed by atoms with Gasteiger partial charge in [-0.05, 0) is 31.7 Å². The molecule has 1 rings (SSSR count). The first-order chi connectivity index (χ1) is 8.22. The molecule has 4 nitrogen and oxygen atoms in total. The van der Waals surface area contributed by atoms with Crippen LogP contribution in [0.5, 0.6) is 0 Å². The van der Waals surface area contributed by atoms with E-state index in [9.17, 15) is 0 Å². The van der Waals surface area contributed by atoms with Crippen molar-refractivity contribution < 1.29 is 0 Å². The van der Waals surface area contributed by atoms with Crippen molar-refractivity contribution in [3.63, 3.8) is 0 Å². The smallest absolute Gasteiger partial charge is 0.188 e. The van der Waals surface area contributed by atoms with Crippen molar-refractivity contribution in [2.24, 2.45) is 16.6 Å². The van der Waals surface area contributed by atoms with E-state index in [1.54, 1.807) is 0 Å². The van der Waals surface area contributed by atoms with Crippen molar-refractivity contribution in [1.82, 2.24) is 10.2 Å². The minimum atomic E-state index is 0. The lowest BCUT2D eigenvalue weighted by molar-refractivity contribution is 0.187. The molecule has 1 fully saturated rings. The van der Waals surface area contributed by atoms with E-state index in [0.717, 1.165) is 32.0 Å². The van der Waals surface area contributed by atoms with Crippen LogP contribution >= 0.6 is 24.0 Å². The predicted octanol–water partition coefficient (Wildman–Crippen LogP) is 2.04. The quantitative estimate of drug-likeness (QED) is 0.327. The Kier molecular flexibility index (Phi) is 10.8. The Morgan fingerprint density at radius 3 is 2.94 bits per heavy atom. The minimum absolute atomic E-state index is 0. The molecule has 0 aliphatic carbocycles. The maximum Gasteiger partial charge on any atom is 0.188 e. The summed E-state index contributed by atoms with van der Waals surface area (Å²) in [6, 6.07) is 0. The standard InChI is InChI=1S/C13H28N4.HI/c1-3-4-7-15-13(14)16-8-10-17-9-5-6-12(2)11-17;/h12H,3-11H2,1-2H3,(H3,14,15,16);1H. The molecule has 1 saturated heterocycles. The van der Waals surface area contributed by atoms with Gasteiger partial charge in [0.2, 0.25) is 0 Å². The van der Waals surface area contributed by atoms with Gasteiger partial charge in [0, 0.05) is 26.2 Å². The summed E-state index contributed by atoms with van der Waals surface area (Å²) < 4.78 is 0. The van der Waals surface area contributed by atoms with E-state index >= 15 is 0 Å². The Hall–Kier alpha value is -0.0400. The van der Waals surface area contributed by atoms with Crippen LogP contribution in [0.25, 0.3) is 0 Å². The van der Waals surface area contributed by atoms with E-state index in [0.29, 0.717) is 5.96 Å². The van der Waals surface area contributed by atoms with Gasteiger partial charge in [-0.3, -0.25) is 4.99 Å². The second kappa shape index (κ2) is 10.8. The first kappa shape index (κ1) is 18.0. The molecule has 1 unspecified atom stereocenters. The summed E-state index contributed by atoms with van der Waals surface area (Å²) in [5.74, 6) is 1.45. The molecule has 5 heteroatoms. The molecule has 0 bridgehead atoms.